The second-order valence-corrected chi connectivity index (χ2v) is 4.88. The first kappa shape index (κ1) is 12.8. The highest BCUT2D eigenvalue weighted by Crippen LogP contribution is 2.23. The first-order valence-corrected chi connectivity index (χ1v) is 6.79. The van der Waals surface area contributed by atoms with E-state index >= 15 is 0 Å². The van der Waals surface area contributed by atoms with E-state index in [4.69, 9.17) is 4.42 Å². The van der Waals surface area contributed by atoms with Crippen LogP contribution in [-0.2, 0) is 5.75 Å². The van der Waals surface area contributed by atoms with Crippen LogP contribution in [-0.4, -0.2) is 25.0 Å². The van der Waals surface area contributed by atoms with Gasteiger partial charge in [0.2, 0.25) is 11.8 Å². The summed E-state index contributed by atoms with van der Waals surface area (Å²) in [6, 6.07) is 6.45. The second-order valence-electron chi connectivity index (χ2n) is 3.94. The van der Waals surface area contributed by atoms with E-state index in [2.05, 4.69) is 20.4 Å². The van der Waals surface area contributed by atoms with Gasteiger partial charge in [0.05, 0.1) is 11.4 Å². The lowest BCUT2D eigenvalue weighted by atomic mass is 10.3. The number of thioether (sulfide) groups is 1. The van der Waals surface area contributed by atoms with Crippen molar-refractivity contribution in [1.29, 1.82) is 0 Å². The molecule has 1 aromatic carbocycles. The largest absolute Gasteiger partial charge is 0.425 e. The molecule has 0 aliphatic carbocycles. The number of nitrogens with zero attached hydrogens (tertiary/aromatic N) is 5. The summed E-state index contributed by atoms with van der Waals surface area (Å²) in [6.45, 7) is 1.73. The summed E-state index contributed by atoms with van der Waals surface area (Å²) in [4.78, 5) is 0. The van der Waals surface area contributed by atoms with Gasteiger partial charge in [-0.15, -0.1) is 20.4 Å². The second kappa shape index (κ2) is 5.41. The summed E-state index contributed by atoms with van der Waals surface area (Å²) >= 11 is 1.35. The standard InChI is InChI=1S/C12H10FN5OS/c1-8-15-16-11(19-8)6-20-12-17-14-7-18(12)10-5-3-2-4-9(10)13/h2-5,7H,6H2,1H3. The summed E-state index contributed by atoms with van der Waals surface area (Å²) < 4.78 is 20.6. The van der Waals surface area contributed by atoms with Gasteiger partial charge in [0, 0.05) is 6.92 Å². The predicted molar refractivity (Wildman–Crippen MR) is 69.9 cm³/mol. The van der Waals surface area contributed by atoms with Gasteiger partial charge in [0.1, 0.15) is 12.1 Å². The number of hydrogen-bond donors (Lipinski definition) is 0. The summed E-state index contributed by atoms with van der Waals surface area (Å²) in [6.07, 6.45) is 1.47. The van der Waals surface area contributed by atoms with Crippen molar-refractivity contribution in [3.63, 3.8) is 0 Å². The Balaban J connectivity index is 1.82. The van der Waals surface area contributed by atoms with E-state index in [1.54, 1.807) is 29.7 Å². The van der Waals surface area contributed by atoms with Crippen molar-refractivity contribution in [2.24, 2.45) is 0 Å². The molecule has 20 heavy (non-hydrogen) atoms. The molecule has 0 N–H and O–H groups in total. The van der Waals surface area contributed by atoms with E-state index < -0.39 is 0 Å². The van der Waals surface area contributed by atoms with Crippen molar-refractivity contribution in [3.05, 3.63) is 48.2 Å². The van der Waals surface area contributed by atoms with Crippen molar-refractivity contribution in [1.82, 2.24) is 25.0 Å². The fourth-order valence-corrected chi connectivity index (χ4v) is 2.42. The molecule has 0 bridgehead atoms. The molecule has 2 heterocycles. The van der Waals surface area contributed by atoms with Gasteiger partial charge in [-0.05, 0) is 12.1 Å². The van der Waals surface area contributed by atoms with Gasteiger partial charge >= 0.3 is 0 Å². The normalized spacial score (nSPS) is 10.9. The van der Waals surface area contributed by atoms with E-state index in [9.17, 15) is 4.39 Å². The number of benzene rings is 1. The number of aromatic nitrogens is 5. The number of aryl methyl sites for hydroxylation is 1. The molecule has 3 aromatic rings. The van der Waals surface area contributed by atoms with Crippen LogP contribution in [0.2, 0.25) is 0 Å². The monoisotopic (exact) mass is 291 g/mol. The third kappa shape index (κ3) is 2.55. The third-order valence-corrected chi connectivity index (χ3v) is 3.45. The van der Waals surface area contributed by atoms with Gasteiger partial charge in [0.15, 0.2) is 5.16 Å². The van der Waals surface area contributed by atoms with E-state index in [1.165, 1.54) is 24.2 Å². The average molecular weight is 291 g/mol. The Morgan fingerprint density at radius 1 is 1.25 bits per heavy atom. The van der Waals surface area contributed by atoms with Gasteiger partial charge < -0.3 is 4.42 Å². The minimum atomic E-state index is -0.331. The van der Waals surface area contributed by atoms with E-state index in [0.29, 0.717) is 28.4 Å². The zero-order chi connectivity index (χ0) is 13.9. The number of para-hydroxylation sites is 1. The molecular formula is C12H10FN5OS. The van der Waals surface area contributed by atoms with Crippen molar-refractivity contribution in [2.75, 3.05) is 0 Å². The lowest BCUT2D eigenvalue weighted by molar-refractivity contribution is 0.485. The van der Waals surface area contributed by atoms with Gasteiger partial charge in [-0.1, -0.05) is 23.9 Å². The Hall–Kier alpha value is -2.22. The molecule has 0 spiro atoms. The minimum absolute atomic E-state index is 0.331. The zero-order valence-corrected chi connectivity index (χ0v) is 11.3. The van der Waals surface area contributed by atoms with Crippen molar-refractivity contribution in [3.8, 4) is 5.69 Å². The molecule has 0 amide bonds. The number of hydrogen-bond acceptors (Lipinski definition) is 6. The Morgan fingerprint density at radius 2 is 2.10 bits per heavy atom. The SMILES string of the molecule is Cc1nnc(CSc2nncn2-c2ccccc2F)o1. The quantitative estimate of drug-likeness (QED) is 0.687. The van der Waals surface area contributed by atoms with Crippen LogP contribution < -0.4 is 0 Å². The predicted octanol–water partition coefficient (Wildman–Crippen LogP) is 2.39. The van der Waals surface area contributed by atoms with Crippen LogP contribution in [0.5, 0.6) is 0 Å². The van der Waals surface area contributed by atoms with Crippen LogP contribution in [0.25, 0.3) is 5.69 Å². The summed E-state index contributed by atoms with van der Waals surface area (Å²) in [5.74, 6) is 1.13. The molecule has 3 rings (SSSR count). The molecule has 0 saturated heterocycles. The average Bonchev–Trinajstić information content (AvgIpc) is 3.06. The fraction of sp³-hybridized carbons (Fsp3) is 0.167. The topological polar surface area (TPSA) is 69.6 Å². The Bertz CT molecular complexity index is 726. The molecule has 0 aliphatic heterocycles. The molecule has 0 unspecified atom stereocenters. The summed E-state index contributed by atoms with van der Waals surface area (Å²) in [5, 5.41) is 16.0. The first-order chi connectivity index (χ1) is 9.74. The maximum Gasteiger partial charge on any atom is 0.226 e. The molecular weight excluding hydrogens is 281 g/mol. The lowest BCUT2D eigenvalue weighted by Crippen LogP contribution is -1.98. The molecule has 2 aromatic heterocycles. The summed E-state index contributed by atoms with van der Waals surface area (Å²) in [7, 11) is 0. The molecule has 102 valence electrons. The Kier molecular flexibility index (Phi) is 3.46. The third-order valence-electron chi connectivity index (χ3n) is 2.52. The smallest absolute Gasteiger partial charge is 0.226 e. The lowest BCUT2D eigenvalue weighted by Gasteiger charge is -2.05. The highest BCUT2D eigenvalue weighted by Gasteiger charge is 2.12. The molecule has 8 heteroatoms. The van der Waals surface area contributed by atoms with Crippen LogP contribution in [0.4, 0.5) is 4.39 Å². The number of rotatable bonds is 4. The highest BCUT2D eigenvalue weighted by atomic mass is 32.2. The van der Waals surface area contributed by atoms with Crippen molar-refractivity contribution < 1.29 is 8.81 Å². The van der Waals surface area contributed by atoms with Crippen molar-refractivity contribution >= 4 is 11.8 Å². The zero-order valence-electron chi connectivity index (χ0n) is 10.5. The fourth-order valence-electron chi connectivity index (χ4n) is 1.66. The highest BCUT2D eigenvalue weighted by molar-refractivity contribution is 7.98. The minimum Gasteiger partial charge on any atom is -0.425 e. The van der Waals surface area contributed by atoms with Crippen LogP contribution >= 0.6 is 11.8 Å². The van der Waals surface area contributed by atoms with Gasteiger partial charge in [-0.25, -0.2) is 4.39 Å². The molecule has 0 atom stereocenters. The maximum absolute atomic E-state index is 13.8. The number of halogens is 1. The summed E-state index contributed by atoms with van der Waals surface area (Å²) in [5.41, 5.74) is 0.404. The molecule has 6 nitrogen and oxygen atoms in total. The van der Waals surface area contributed by atoms with Gasteiger partial charge in [-0.3, -0.25) is 4.57 Å². The van der Waals surface area contributed by atoms with E-state index in [1.807, 2.05) is 0 Å². The van der Waals surface area contributed by atoms with Crippen LogP contribution in [0.15, 0.2) is 40.2 Å². The van der Waals surface area contributed by atoms with E-state index in [0.717, 1.165) is 0 Å². The first-order valence-electron chi connectivity index (χ1n) is 5.81. The van der Waals surface area contributed by atoms with E-state index in [-0.39, 0.29) is 5.82 Å². The molecule has 0 aliphatic rings. The molecule has 0 saturated carbocycles. The van der Waals surface area contributed by atoms with Crippen LogP contribution in [0, 0.1) is 12.7 Å². The molecule has 0 radical (unpaired) electrons. The van der Waals surface area contributed by atoms with Gasteiger partial charge in [-0.2, -0.15) is 0 Å². The van der Waals surface area contributed by atoms with Crippen LogP contribution in [0.3, 0.4) is 0 Å². The van der Waals surface area contributed by atoms with Crippen LogP contribution in [0.1, 0.15) is 11.8 Å². The van der Waals surface area contributed by atoms with Gasteiger partial charge in [0.25, 0.3) is 0 Å². The van der Waals surface area contributed by atoms with Crippen molar-refractivity contribution in [2.45, 2.75) is 17.8 Å². The Labute approximate surface area is 118 Å². The maximum atomic E-state index is 13.8. The Morgan fingerprint density at radius 3 is 2.85 bits per heavy atom. The molecule has 0 fully saturated rings.